The summed E-state index contributed by atoms with van der Waals surface area (Å²) in [7, 11) is -4.39. The van der Waals surface area contributed by atoms with Crippen molar-refractivity contribution in [2.45, 2.75) is 0 Å². The first-order valence-electron chi connectivity index (χ1n) is 4.42. The largest absolute Gasteiger partial charge is 0.524 e. The SMILES string of the molecule is O=C(CO)CO.O=P(O)(O)Oc1ccccc1. The maximum atomic E-state index is 10.3. The predicted molar refractivity (Wildman–Crippen MR) is 58.3 cm³/mol. The zero-order chi connectivity index (χ0) is 13.3. The normalized spacial score (nSPS) is 10.1. The molecule has 0 aliphatic rings. The Kier molecular flexibility index (Phi) is 7.36. The van der Waals surface area contributed by atoms with Gasteiger partial charge in [-0.1, -0.05) is 18.2 Å². The Balaban J connectivity index is 0.000000366. The molecule has 0 saturated heterocycles. The highest BCUT2D eigenvalue weighted by Gasteiger charge is 2.14. The van der Waals surface area contributed by atoms with Gasteiger partial charge in [-0.05, 0) is 12.1 Å². The van der Waals surface area contributed by atoms with Crippen LogP contribution in [0.3, 0.4) is 0 Å². The van der Waals surface area contributed by atoms with Crippen LogP contribution in [0.25, 0.3) is 0 Å². The average Bonchev–Trinajstić information content (AvgIpc) is 2.28. The van der Waals surface area contributed by atoms with Crippen LogP contribution in [0.15, 0.2) is 30.3 Å². The Hall–Kier alpha value is -1.24. The summed E-state index contributed by atoms with van der Waals surface area (Å²) >= 11 is 0. The highest BCUT2D eigenvalue weighted by atomic mass is 31.2. The highest BCUT2D eigenvalue weighted by molar-refractivity contribution is 7.46. The fraction of sp³-hybridized carbons (Fsp3) is 0.222. The molecule has 0 saturated carbocycles. The molecule has 0 aromatic heterocycles. The second-order valence-corrected chi connectivity index (χ2v) is 3.91. The minimum absolute atomic E-state index is 0.167. The van der Waals surface area contributed by atoms with Gasteiger partial charge in [0.25, 0.3) is 0 Å². The number of ketones is 1. The minimum Gasteiger partial charge on any atom is -0.404 e. The standard InChI is InChI=1S/C6H7O4P.C3H6O3/c7-11(8,9)10-6-4-2-1-3-5-6;4-1-3(6)2-5/h1-5H,(H2,7,8,9);4-5H,1-2H2. The molecule has 1 aromatic carbocycles. The van der Waals surface area contributed by atoms with E-state index < -0.39 is 26.8 Å². The van der Waals surface area contributed by atoms with Crippen LogP contribution in [0.1, 0.15) is 0 Å². The van der Waals surface area contributed by atoms with Gasteiger partial charge in [0.05, 0.1) is 0 Å². The van der Waals surface area contributed by atoms with E-state index in [1.165, 1.54) is 12.1 Å². The minimum atomic E-state index is -4.39. The Morgan fingerprint density at radius 2 is 1.59 bits per heavy atom. The van der Waals surface area contributed by atoms with Gasteiger partial charge in [-0.2, -0.15) is 0 Å². The number of hydrogen-bond acceptors (Lipinski definition) is 5. The molecule has 4 N–H and O–H groups in total. The highest BCUT2D eigenvalue weighted by Crippen LogP contribution is 2.36. The number of Topliss-reactive ketones (excluding diaryl/α,β-unsaturated/α-hetero) is 1. The molecule has 96 valence electrons. The Labute approximate surface area is 97.5 Å². The molecule has 1 aromatic rings. The monoisotopic (exact) mass is 264 g/mol. The van der Waals surface area contributed by atoms with E-state index in [4.69, 9.17) is 20.0 Å². The van der Waals surface area contributed by atoms with E-state index in [1.807, 2.05) is 0 Å². The Morgan fingerprint density at radius 3 is 1.88 bits per heavy atom. The van der Waals surface area contributed by atoms with E-state index in [2.05, 4.69) is 4.52 Å². The van der Waals surface area contributed by atoms with Gasteiger partial charge >= 0.3 is 7.82 Å². The van der Waals surface area contributed by atoms with Crippen LogP contribution in [-0.4, -0.2) is 39.0 Å². The molecule has 0 aliphatic heterocycles. The molecule has 0 atom stereocenters. The molecule has 7 nitrogen and oxygen atoms in total. The first kappa shape index (κ1) is 15.8. The summed E-state index contributed by atoms with van der Waals surface area (Å²) in [4.78, 5) is 26.4. The van der Waals surface area contributed by atoms with Crippen molar-refractivity contribution in [1.82, 2.24) is 0 Å². The number of hydrogen-bond donors (Lipinski definition) is 4. The lowest BCUT2D eigenvalue weighted by Crippen LogP contribution is -2.07. The van der Waals surface area contributed by atoms with Gasteiger partial charge in [0.15, 0.2) is 5.78 Å². The lowest BCUT2D eigenvalue weighted by Gasteiger charge is -2.04. The van der Waals surface area contributed by atoms with Crippen molar-refractivity contribution < 1.29 is 33.9 Å². The number of aliphatic hydroxyl groups is 2. The zero-order valence-electron chi connectivity index (χ0n) is 8.76. The number of phosphoric acid groups is 1. The van der Waals surface area contributed by atoms with Crippen molar-refractivity contribution in [3.8, 4) is 5.75 Å². The molecular weight excluding hydrogens is 251 g/mol. The van der Waals surface area contributed by atoms with Crippen molar-refractivity contribution >= 4 is 13.6 Å². The third kappa shape index (κ3) is 9.68. The Bertz CT molecular complexity index is 366. The summed E-state index contributed by atoms with van der Waals surface area (Å²) in [6.07, 6.45) is 0. The first-order chi connectivity index (χ1) is 7.89. The lowest BCUT2D eigenvalue weighted by molar-refractivity contribution is -0.124. The molecule has 0 fully saturated rings. The predicted octanol–water partition coefficient (Wildman–Crippen LogP) is -0.302. The maximum absolute atomic E-state index is 10.3. The van der Waals surface area contributed by atoms with E-state index >= 15 is 0 Å². The maximum Gasteiger partial charge on any atom is 0.524 e. The van der Waals surface area contributed by atoms with Crippen molar-refractivity contribution in [3.63, 3.8) is 0 Å². The first-order valence-corrected chi connectivity index (χ1v) is 5.95. The molecule has 0 amide bonds. The van der Waals surface area contributed by atoms with Gasteiger partial charge < -0.3 is 14.7 Å². The summed E-state index contributed by atoms with van der Waals surface area (Å²) in [5, 5.41) is 15.7. The van der Waals surface area contributed by atoms with Gasteiger partial charge in [0, 0.05) is 0 Å². The quantitative estimate of drug-likeness (QED) is 0.550. The summed E-state index contributed by atoms with van der Waals surface area (Å²) < 4.78 is 14.5. The average molecular weight is 264 g/mol. The smallest absolute Gasteiger partial charge is 0.404 e. The van der Waals surface area contributed by atoms with Crippen LogP contribution in [-0.2, 0) is 9.36 Å². The molecule has 8 heteroatoms. The molecule has 1 rings (SSSR count). The van der Waals surface area contributed by atoms with Crippen molar-refractivity contribution in [3.05, 3.63) is 30.3 Å². The molecule has 0 heterocycles. The van der Waals surface area contributed by atoms with Crippen LogP contribution in [0.2, 0.25) is 0 Å². The number of benzene rings is 1. The van der Waals surface area contributed by atoms with E-state index in [-0.39, 0.29) is 5.75 Å². The van der Waals surface area contributed by atoms with Gasteiger partial charge in [-0.25, -0.2) is 4.57 Å². The third-order valence-corrected chi connectivity index (χ3v) is 1.77. The molecule has 0 radical (unpaired) electrons. The fourth-order valence-electron chi connectivity index (χ4n) is 0.669. The van der Waals surface area contributed by atoms with Gasteiger partial charge in [-0.3, -0.25) is 14.6 Å². The Morgan fingerprint density at radius 1 is 1.12 bits per heavy atom. The number of carbonyl (C=O) groups excluding carboxylic acids is 1. The molecule has 0 aliphatic carbocycles. The summed E-state index contributed by atoms with van der Waals surface area (Å²) in [5.41, 5.74) is 0. The van der Waals surface area contributed by atoms with Gasteiger partial charge in [0.1, 0.15) is 19.0 Å². The fourth-order valence-corrected chi connectivity index (χ4v) is 1.07. The van der Waals surface area contributed by atoms with Crippen LogP contribution in [0.5, 0.6) is 5.75 Å². The summed E-state index contributed by atoms with van der Waals surface area (Å²) in [5.74, 6) is -0.379. The van der Waals surface area contributed by atoms with E-state index in [0.717, 1.165) is 0 Å². The van der Waals surface area contributed by atoms with Crippen molar-refractivity contribution in [1.29, 1.82) is 0 Å². The van der Waals surface area contributed by atoms with Crippen LogP contribution in [0, 0.1) is 0 Å². The zero-order valence-corrected chi connectivity index (χ0v) is 9.66. The van der Waals surface area contributed by atoms with Gasteiger partial charge in [-0.15, -0.1) is 0 Å². The molecular formula is C9H13O7P. The number of phosphoric ester groups is 1. The number of rotatable bonds is 4. The third-order valence-electron chi connectivity index (χ3n) is 1.32. The molecule has 0 spiro atoms. The van der Waals surface area contributed by atoms with E-state index in [0.29, 0.717) is 0 Å². The second-order valence-electron chi connectivity index (χ2n) is 2.75. The molecule has 17 heavy (non-hydrogen) atoms. The van der Waals surface area contributed by atoms with Crippen LogP contribution < -0.4 is 4.52 Å². The van der Waals surface area contributed by atoms with Crippen LogP contribution in [0.4, 0.5) is 0 Å². The van der Waals surface area contributed by atoms with Crippen molar-refractivity contribution in [2.24, 2.45) is 0 Å². The van der Waals surface area contributed by atoms with Crippen LogP contribution >= 0.6 is 7.82 Å². The summed E-state index contributed by atoms with van der Waals surface area (Å²) in [6, 6.07) is 7.93. The van der Waals surface area contributed by atoms with Crippen molar-refractivity contribution in [2.75, 3.05) is 13.2 Å². The lowest BCUT2D eigenvalue weighted by atomic mass is 10.3. The van der Waals surface area contributed by atoms with E-state index in [1.54, 1.807) is 18.2 Å². The molecule has 0 bridgehead atoms. The van der Waals surface area contributed by atoms with E-state index in [9.17, 15) is 9.36 Å². The second kappa shape index (κ2) is 7.94. The number of carbonyl (C=O) groups is 1. The topological polar surface area (TPSA) is 124 Å². The molecule has 0 unspecified atom stereocenters. The number of para-hydroxylation sites is 1. The van der Waals surface area contributed by atoms with Gasteiger partial charge in [0.2, 0.25) is 0 Å². The number of aliphatic hydroxyl groups excluding tert-OH is 2. The summed E-state index contributed by atoms with van der Waals surface area (Å²) in [6.45, 7) is -1.12.